The Kier molecular flexibility index (Phi) is 2.43. The molecule has 4 heteroatoms. The Labute approximate surface area is 98.7 Å². The van der Waals surface area contributed by atoms with Gasteiger partial charge in [-0.15, -0.1) is 0 Å². The Bertz CT molecular complexity index is 412. The van der Waals surface area contributed by atoms with Crippen molar-refractivity contribution in [2.24, 2.45) is 11.8 Å². The molecule has 0 N–H and O–H groups in total. The van der Waals surface area contributed by atoms with E-state index in [2.05, 4.69) is 0 Å². The quantitative estimate of drug-likeness (QED) is 0.745. The fourth-order valence-electron chi connectivity index (χ4n) is 2.95. The van der Waals surface area contributed by atoms with Gasteiger partial charge in [-0.3, -0.25) is 0 Å². The minimum absolute atomic E-state index is 0.0927. The van der Waals surface area contributed by atoms with Gasteiger partial charge in [0.25, 0.3) is 0 Å². The van der Waals surface area contributed by atoms with Crippen molar-refractivity contribution in [1.82, 2.24) is 0 Å². The molecule has 1 aromatic rings. The summed E-state index contributed by atoms with van der Waals surface area (Å²) in [5.74, 6) is 1.15. The maximum Gasteiger partial charge on any atom is 0.374 e. The van der Waals surface area contributed by atoms with Crippen molar-refractivity contribution in [2.75, 3.05) is 0 Å². The van der Waals surface area contributed by atoms with E-state index in [1.165, 1.54) is 19.3 Å². The molecule has 0 aromatic carbocycles. The normalized spacial score (nSPS) is 31.9. The van der Waals surface area contributed by atoms with E-state index in [0.717, 1.165) is 12.3 Å². The van der Waals surface area contributed by atoms with Crippen molar-refractivity contribution in [3.05, 3.63) is 23.1 Å². The number of ether oxygens (including phenoxy) is 1. The molecule has 2 aliphatic rings. The lowest BCUT2D eigenvalue weighted by Crippen LogP contribution is -2.23. The number of fused-ring (bicyclic) bond motifs is 2. The van der Waals surface area contributed by atoms with E-state index in [1.54, 1.807) is 12.1 Å². The van der Waals surface area contributed by atoms with E-state index in [1.807, 2.05) is 0 Å². The van der Waals surface area contributed by atoms with E-state index in [0.29, 0.717) is 5.92 Å². The third-order valence-electron chi connectivity index (χ3n) is 3.71. The van der Waals surface area contributed by atoms with Gasteiger partial charge >= 0.3 is 5.97 Å². The predicted octanol–water partition coefficient (Wildman–Crippen LogP) is 3.28. The standard InChI is InChI=1S/C12H13ClO3/c13-11-4-3-9(15-11)12(14)16-10-6-7-1-2-8(10)5-7/h3-4,7-8,10H,1-2,5-6H2/t7-,8-,10+/m0/s1. The summed E-state index contributed by atoms with van der Waals surface area (Å²) < 4.78 is 10.5. The molecule has 0 unspecified atom stereocenters. The lowest BCUT2D eigenvalue weighted by atomic mass is 9.98. The van der Waals surface area contributed by atoms with E-state index < -0.39 is 0 Å². The summed E-state index contributed by atoms with van der Waals surface area (Å²) in [6.07, 6.45) is 4.82. The molecule has 16 heavy (non-hydrogen) atoms. The first-order valence-electron chi connectivity index (χ1n) is 5.68. The minimum Gasteiger partial charge on any atom is -0.456 e. The SMILES string of the molecule is O=C(O[C@@H]1C[C@H]2CC[C@H]1C2)c1ccc(Cl)o1. The molecule has 2 bridgehead atoms. The summed E-state index contributed by atoms with van der Waals surface area (Å²) in [6, 6.07) is 3.11. The molecule has 0 aliphatic heterocycles. The van der Waals surface area contributed by atoms with Crippen molar-refractivity contribution < 1.29 is 13.9 Å². The van der Waals surface area contributed by atoms with Crippen molar-refractivity contribution in [2.45, 2.75) is 31.8 Å². The zero-order valence-corrected chi connectivity index (χ0v) is 9.57. The number of hydrogen-bond acceptors (Lipinski definition) is 3. The average molecular weight is 241 g/mol. The fourth-order valence-corrected chi connectivity index (χ4v) is 3.10. The van der Waals surface area contributed by atoms with Crippen molar-refractivity contribution in [3.8, 4) is 0 Å². The van der Waals surface area contributed by atoms with Gasteiger partial charge in [-0.1, -0.05) is 0 Å². The topological polar surface area (TPSA) is 39.4 Å². The Morgan fingerprint density at radius 3 is 2.81 bits per heavy atom. The second-order valence-electron chi connectivity index (χ2n) is 4.72. The van der Waals surface area contributed by atoms with Crippen molar-refractivity contribution in [1.29, 1.82) is 0 Å². The van der Waals surface area contributed by atoms with Gasteiger partial charge in [0.1, 0.15) is 6.10 Å². The van der Waals surface area contributed by atoms with E-state index in [-0.39, 0.29) is 23.1 Å². The molecule has 0 spiro atoms. The molecule has 3 atom stereocenters. The van der Waals surface area contributed by atoms with Crippen LogP contribution in [0.15, 0.2) is 16.5 Å². The highest BCUT2D eigenvalue weighted by atomic mass is 35.5. The third-order valence-corrected chi connectivity index (χ3v) is 3.91. The molecule has 0 radical (unpaired) electrons. The first-order chi connectivity index (χ1) is 7.72. The highest BCUT2D eigenvalue weighted by molar-refractivity contribution is 6.29. The number of halogens is 1. The first-order valence-corrected chi connectivity index (χ1v) is 6.06. The molecule has 1 aromatic heterocycles. The molecule has 2 saturated carbocycles. The fraction of sp³-hybridized carbons (Fsp3) is 0.583. The van der Waals surface area contributed by atoms with E-state index in [4.69, 9.17) is 20.8 Å². The monoisotopic (exact) mass is 240 g/mol. The summed E-state index contributed by atoms with van der Waals surface area (Å²) in [7, 11) is 0. The van der Waals surface area contributed by atoms with Gasteiger partial charge in [0.05, 0.1) is 0 Å². The number of furan rings is 1. The molecule has 3 rings (SSSR count). The van der Waals surface area contributed by atoms with Crippen LogP contribution in [0.5, 0.6) is 0 Å². The number of carbonyl (C=O) groups is 1. The van der Waals surface area contributed by atoms with Gasteiger partial charge in [-0.25, -0.2) is 4.79 Å². The number of rotatable bonds is 2. The molecular formula is C12H13ClO3. The molecule has 0 saturated heterocycles. The van der Waals surface area contributed by atoms with Crippen LogP contribution in [-0.4, -0.2) is 12.1 Å². The number of hydrogen-bond donors (Lipinski definition) is 0. The summed E-state index contributed by atoms with van der Waals surface area (Å²) in [5.41, 5.74) is 0. The molecule has 86 valence electrons. The first kappa shape index (κ1) is 10.2. The summed E-state index contributed by atoms with van der Waals surface area (Å²) >= 11 is 5.61. The molecule has 3 nitrogen and oxygen atoms in total. The van der Waals surface area contributed by atoms with Crippen LogP contribution in [0, 0.1) is 11.8 Å². The van der Waals surface area contributed by atoms with Crippen LogP contribution in [-0.2, 0) is 4.74 Å². The maximum atomic E-state index is 11.7. The van der Waals surface area contributed by atoms with Crippen molar-refractivity contribution in [3.63, 3.8) is 0 Å². The summed E-state index contributed by atoms with van der Waals surface area (Å²) in [5, 5.41) is 0.222. The number of esters is 1. The zero-order valence-electron chi connectivity index (χ0n) is 8.82. The van der Waals surface area contributed by atoms with Gasteiger partial charge in [-0.2, -0.15) is 0 Å². The Hall–Kier alpha value is -0.960. The second kappa shape index (κ2) is 3.81. The lowest BCUT2D eigenvalue weighted by Gasteiger charge is -2.21. The largest absolute Gasteiger partial charge is 0.456 e. The molecule has 2 aliphatic carbocycles. The van der Waals surface area contributed by atoms with Crippen molar-refractivity contribution >= 4 is 17.6 Å². The van der Waals surface area contributed by atoms with Gasteiger partial charge in [0.15, 0.2) is 5.22 Å². The van der Waals surface area contributed by atoms with Gasteiger partial charge in [0, 0.05) is 0 Å². The maximum absolute atomic E-state index is 11.7. The van der Waals surface area contributed by atoms with Crippen LogP contribution in [0.4, 0.5) is 0 Å². The van der Waals surface area contributed by atoms with Crippen LogP contribution in [0.3, 0.4) is 0 Å². The molecule has 2 fully saturated rings. The smallest absolute Gasteiger partial charge is 0.374 e. The van der Waals surface area contributed by atoms with Crippen LogP contribution < -0.4 is 0 Å². The summed E-state index contributed by atoms with van der Waals surface area (Å²) in [4.78, 5) is 11.7. The highest BCUT2D eigenvalue weighted by Gasteiger charge is 2.42. The second-order valence-corrected chi connectivity index (χ2v) is 5.09. The van der Waals surface area contributed by atoms with Crippen LogP contribution in [0.1, 0.15) is 36.2 Å². The number of carbonyl (C=O) groups excluding carboxylic acids is 1. The Morgan fingerprint density at radius 1 is 1.38 bits per heavy atom. The highest BCUT2D eigenvalue weighted by Crippen LogP contribution is 2.46. The minimum atomic E-state index is -0.385. The molecule has 1 heterocycles. The van der Waals surface area contributed by atoms with Crippen LogP contribution in [0.25, 0.3) is 0 Å². The average Bonchev–Trinajstić information content (AvgIpc) is 2.92. The molecule has 0 amide bonds. The van der Waals surface area contributed by atoms with Gasteiger partial charge in [0.2, 0.25) is 5.76 Å². The van der Waals surface area contributed by atoms with E-state index >= 15 is 0 Å². The van der Waals surface area contributed by atoms with E-state index in [9.17, 15) is 4.79 Å². The van der Waals surface area contributed by atoms with Gasteiger partial charge in [-0.05, 0) is 61.3 Å². The zero-order chi connectivity index (χ0) is 11.1. The third kappa shape index (κ3) is 1.73. The van der Waals surface area contributed by atoms with Gasteiger partial charge < -0.3 is 9.15 Å². The Balaban J connectivity index is 1.65. The van der Waals surface area contributed by atoms with Crippen LogP contribution in [0.2, 0.25) is 5.22 Å². The molecular weight excluding hydrogens is 228 g/mol. The Morgan fingerprint density at radius 2 is 2.25 bits per heavy atom. The predicted molar refractivity (Wildman–Crippen MR) is 58.4 cm³/mol. The lowest BCUT2D eigenvalue weighted by molar-refractivity contribution is 0.0125. The van der Waals surface area contributed by atoms with Crippen LogP contribution >= 0.6 is 11.6 Å². The summed E-state index contributed by atoms with van der Waals surface area (Å²) in [6.45, 7) is 0.